The van der Waals surface area contributed by atoms with E-state index in [1.54, 1.807) is 161 Å². The summed E-state index contributed by atoms with van der Waals surface area (Å²) in [5, 5.41) is 63.6. The summed E-state index contributed by atoms with van der Waals surface area (Å²) in [5.74, 6) is -0.239. The molecule has 2 aliphatic rings. The van der Waals surface area contributed by atoms with Gasteiger partial charge in [-0.2, -0.15) is 38.7 Å². The molecule has 0 unspecified atom stereocenters. The number of carbonyl (C=O) groups is 3. The molecule has 27 heteroatoms. The van der Waals surface area contributed by atoms with Gasteiger partial charge in [-0.05, 0) is 190 Å². The number of rotatable bonds is 25. The Kier molecular flexibility index (Phi) is 58.8. The third-order valence-corrected chi connectivity index (χ3v) is 19.8. The van der Waals surface area contributed by atoms with E-state index < -0.39 is 34.5 Å². The molecule has 9 rings (SSSR count). The van der Waals surface area contributed by atoms with Crippen LogP contribution in [0, 0.1) is 41.6 Å². The first kappa shape index (κ1) is 108. The van der Waals surface area contributed by atoms with Crippen LogP contribution >= 0.6 is 81.2 Å². The summed E-state index contributed by atoms with van der Waals surface area (Å²) in [5.41, 5.74) is 10.6. The van der Waals surface area contributed by atoms with Crippen molar-refractivity contribution in [2.45, 2.75) is 132 Å². The van der Waals surface area contributed by atoms with Crippen molar-refractivity contribution in [1.82, 2.24) is 14.9 Å². The number of Topliss-reactive ketones (excluding diaryl/α,β-unsaturated/α-hetero) is 2. The fourth-order valence-corrected chi connectivity index (χ4v) is 11.5. The van der Waals surface area contributed by atoms with Crippen LogP contribution < -0.4 is 22.7 Å². The molecular weight excluding hydrogens is 1650 g/mol. The quantitative estimate of drug-likeness (QED) is 0.00922. The van der Waals surface area contributed by atoms with E-state index in [1.807, 2.05) is 64.1 Å². The number of nitrogens with zero attached hydrogens (tertiary/aromatic N) is 3. The largest absolute Gasteiger partial charge is 2.00 e. The van der Waals surface area contributed by atoms with Crippen LogP contribution in [0.3, 0.4) is 0 Å². The van der Waals surface area contributed by atoms with Gasteiger partial charge in [0.25, 0.3) is 10.1 Å². The van der Waals surface area contributed by atoms with Gasteiger partial charge in [0.15, 0.2) is 11.6 Å². The van der Waals surface area contributed by atoms with Crippen molar-refractivity contribution in [1.29, 1.82) is 0 Å². The van der Waals surface area contributed by atoms with E-state index in [1.165, 1.54) is 50.9 Å². The molecule has 0 saturated carbocycles. The molecule has 11 atom stereocenters. The standard InChI is InChI=1S/C14H20ClNO.C13H19ClN2O.C11H15ClO4S.C11H13ClO.C10H13ClO2.C10H11ClO2.C7H15NO2.C6H4Cl.CH4.BrH.Mg/c1-11(10-16-8-2-3-9-16)14(17)12-4-6-13(15)7-5-12;14-11-5-3-10(4-6-11)13(17)12(15)9-16-7-1-2-8-16;1-8(7-16-17(2,14)15)11(13)9-3-5-10(12)6-4-9;1-3-8(2)11(13)9-4-6-10(12)7-5-9;2*1-7(6-12)10(13)8-2-4-9(11)5-3-8;1-5-6(2)7(9)8(3)10-4;7-6-4-2-1-3-5-6;;;/h4-7,11,14,17H,2-3,8-10H2,1H3;3-6,12-13,17H,1-2,7-9,15H2;3-6,8,11,13H,7H2,1-2H3;4-8H,3H2,1-2H3;2-5,7,10,12-13H,6H2,1H3;2-5,7,12H,6H2,1H3;6H,5H2,1-4H3;2-5H;1H4;1H;/q;;;;;;;-1;;;+2/p-1/t11-,14+;12-,13-;8-,11+;8-;7-,10+;7-;6-;;;;/m1111111..../s1. The molecule has 7 aromatic rings. The summed E-state index contributed by atoms with van der Waals surface area (Å²) in [6, 6.07) is 51.9. The van der Waals surface area contributed by atoms with E-state index in [0.29, 0.717) is 41.3 Å². The molecule has 0 aromatic heterocycles. The maximum atomic E-state index is 11.6. The Morgan fingerprint density at radius 3 is 1.08 bits per heavy atom. The Labute approximate surface area is 717 Å². The second kappa shape index (κ2) is 59.8. The van der Waals surface area contributed by atoms with Crippen LogP contribution in [-0.4, -0.2) is 180 Å². The van der Waals surface area contributed by atoms with Gasteiger partial charge in [0, 0.05) is 104 Å². The first-order chi connectivity index (χ1) is 50.6. The zero-order valence-corrected chi connectivity index (χ0v) is 73.3. The number of amides is 1. The number of nitrogens with two attached hydrogens (primary N) is 1. The van der Waals surface area contributed by atoms with E-state index in [9.17, 15) is 43.2 Å². The zero-order chi connectivity index (χ0) is 80.3. The minimum atomic E-state index is -3.47. The number of carbonyl (C=O) groups excluding carboxylic acids is 3. The van der Waals surface area contributed by atoms with Crippen molar-refractivity contribution in [3.63, 3.8) is 0 Å². The van der Waals surface area contributed by atoms with Crippen LogP contribution in [0.15, 0.2) is 170 Å². The molecule has 1 amide bonds. The summed E-state index contributed by atoms with van der Waals surface area (Å²) in [7, 11) is -0.368. The Hall–Kier alpha value is -3.86. The summed E-state index contributed by atoms with van der Waals surface area (Å²) < 4.78 is 26.3. The monoisotopic (exact) mass is 1750 g/mol. The zero-order valence-electron chi connectivity index (χ0n) is 64.2. The van der Waals surface area contributed by atoms with Crippen molar-refractivity contribution >= 4 is 132 Å². The van der Waals surface area contributed by atoms with Crippen molar-refractivity contribution in [3.05, 3.63) is 244 Å². The fourth-order valence-electron chi connectivity index (χ4n) is 10.1. The Morgan fingerprint density at radius 2 is 0.782 bits per heavy atom. The molecule has 2 aliphatic heterocycles. The van der Waals surface area contributed by atoms with E-state index in [0.717, 1.165) is 72.6 Å². The number of hydrogen-bond donors (Lipinski definition) is 7. The summed E-state index contributed by atoms with van der Waals surface area (Å²) >= 11 is 40.0. The summed E-state index contributed by atoms with van der Waals surface area (Å²) in [6.07, 6.45) is 5.36. The van der Waals surface area contributed by atoms with E-state index in [-0.39, 0.29) is 126 Å². The van der Waals surface area contributed by atoms with Crippen LogP contribution in [0.4, 0.5) is 0 Å². The number of benzene rings is 7. The SMILES string of the molecule is C.CC[C@@H](C)C(=O)N(C)OC.CC[C@@H](C)C(=O)c1ccc(Cl)cc1.C[C@H](CN1CCCC1)[C@H](O)c1ccc(Cl)cc1.C[C@H](CO)C(=O)c1ccc(Cl)cc1.C[C@H](CO)[C@H](O)c1ccc(Cl)cc1.C[C@H](COS(C)(=O)=O)[C@H](O)c1ccc(Cl)cc1.Clc1cc[c-]cc1.N[C@H](CN1CCCC1)[C@H](O)c1ccc(Cl)cc1.[Br-].[Mg+2]. The number of ketones is 2. The molecule has 8 N–H and O–H groups in total. The Balaban J connectivity index is 0. The van der Waals surface area contributed by atoms with Crippen molar-refractivity contribution in [3.8, 4) is 0 Å². The second-order valence-corrected chi connectivity index (χ2v) is 31.1. The molecule has 2 heterocycles. The van der Waals surface area contributed by atoms with Gasteiger partial charge in [-0.3, -0.25) is 23.4 Å². The van der Waals surface area contributed by atoms with Gasteiger partial charge in [-0.25, -0.2) is 5.06 Å². The van der Waals surface area contributed by atoms with E-state index in [4.69, 9.17) is 102 Å². The second-order valence-electron chi connectivity index (χ2n) is 26.4. The number of hydrogen-bond acceptors (Lipinski definition) is 16. The smallest absolute Gasteiger partial charge is 1.00 e. The van der Waals surface area contributed by atoms with E-state index >= 15 is 0 Å². The van der Waals surface area contributed by atoms with Gasteiger partial charge in [0.1, 0.15) is 0 Å². The molecule has 17 nitrogen and oxygen atoms in total. The van der Waals surface area contributed by atoms with Crippen LogP contribution in [0.5, 0.6) is 0 Å². The minimum Gasteiger partial charge on any atom is -1.00 e. The van der Waals surface area contributed by atoms with Crippen molar-refractivity contribution in [2.75, 3.05) is 79.5 Å². The van der Waals surface area contributed by atoms with Gasteiger partial charge < -0.3 is 63.2 Å². The fraction of sp³-hybridized carbons (Fsp3) is 0.458. The van der Waals surface area contributed by atoms with E-state index in [2.05, 4.69) is 27.0 Å². The molecule has 608 valence electrons. The predicted molar refractivity (Wildman–Crippen MR) is 450 cm³/mol. The Morgan fingerprint density at radius 1 is 0.482 bits per heavy atom. The third kappa shape index (κ3) is 44.3. The minimum absolute atomic E-state index is 0. The molecular formula is C83H114BrCl7MgN4O13S. The molecule has 2 fully saturated rings. The summed E-state index contributed by atoms with van der Waals surface area (Å²) in [4.78, 5) is 43.7. The van der Waals surface area contributed by atoms with Crippen molar-refractivity contribution in [2.24, 2.45) is 41.2 Å². The first-order valence-electron chi connectivity index (χ1n) is 35.6. The topological polar surface area (TPSA) is 261 Å². The number of aliphatic hydroxyl groups is 6. The average molecular weight is 1760 g/mol. The first-order valence-corrected chi connectivity index (χ1v) is 40.1. The van der Waals surface area contributed by atoms with Gasteiger partial charge in [-0.15, -0.1) is 11.6 Å². The summed E-state index contributed by atoms with van der Waals surface area (Å²) in [6.45, 7) is 21.2. The van der Waals surface area contributed by atoms with Crippen LogP contribution in [0.2, 0.25) is 35.2 Å². The van der Waals surface area contributed by atoms with Crippen LogP contribution in [0.1, 0.15) is 169 Å². The molecule has 0 spiro atoms. The van der Waals surface area contributed by atoms with Gasteiger partial charge in [0.05, 0.1) is 51.0 Å². The van der Waals surface area contributed by atoms with Crippen LogP contribution in [0.25, 0.3) is 0 Å². The molecule has 110 heavy (non-hydrogen) atoms. The third-order valence-electron chi connectivity index (χ3n) is 17.4. The average Bonchev–Trinajstić information content (AvgIpc) is 1.42. The number of hydroxylamine groups is 2. The molecule has 0 bridgehead atoms. The molecule has 2 saturated heterocycles. The normalized spacial score (nSPS) is 15.2. The van der Waals surface area contributed by atoms with Crippen molar-refractivity contribution < 1.29 is 79.4 Å². The predicted octanol–water partition coefficient (Wildman–Crippen LogP) is 15.1. The molecule has 0 aliphatic carbocycles. The number of halogens is 8. The maximum absolute atomic E-state index is 11.6. The van der Waals surface area contributed by atoms with Crippen LogP contribution in [-0.2, 0) is 23.9 Å². The number of aliphatic hydroxyl groups excluding tert-OH is 6. The molecule has 7 aromatic carbocycles. The maximum Gasteiger partial charge on any atom is 2.00 e. The van der Waals surface area contributed by atoms with Gasteiger partial charge in [0.2, 0.25) is 5.91 Å². The number of likely N-dealkylation sites (tertiary alicyclic amines) is 2. The Bertz CT molecular complexity index is 3530. The van der Waals surface area contributed by atoms with Gasteiger partial charge >= 0.3 is 23.1 Å². The van der Waals surface area contributed by atoms with Gasteiger partial charge in [-0.1, -0.05) is 186 Å². The molecule has 0 radical (unpaired) electrons.